The lowest BCUT2D eigenvalue weighted by molar-refractivity contribution is 0.593. The second-order valence-corrected chi connectivity index (χ2v) is 6.01. The minimum atomic E-state index is -3.78. The SMILES string of the molecule is O=S(=O)(Nc1ccccc1)c1cnc2ccc(Cl)nn12. The monoisotopic (exact) mass is 308 g/mol. The number of hydrogen-bond acceptors (Lipinski definition) is 4. The summed E-state index contributed by atoms with van der Waals surface area (Å²) in [7, 11) is -3.78. The lowest BCUT2D eigenvalue weighted by Crippen LogP contribution is -2.15. The van der Waals surface area contributed by atoms with Gasteiger partial charge in [-0.1, -0.05) is 29.8 Å². The molecule has 0 spiro atoms. The van der Waals surface area contributed by atoms with Gasteiger partial charge in [-0.3, -0.25) is 4.72 Å². The predicted octanol–water partition coefficient (Wildman–Crippen LogP) is 2.18. The number of halogens is 1. The van der Waals surface area contributed by atoms with Crippen molar-refractivity contribution >= 4 is 33.0 Å². The molecular formula is C12H9ClN4O2S. The molecule has 102 valence electrons. The topological polar surface area (TPSA) is 76.4 Å². The average Bonchev–Trinajstić information content (AvgIpc) is 2.83. The van der Waals surface area contributed by atoms with Crippen LogP contribution in [-0.2, 0) is 10.0 Å². The number of fused-ring (bicyclic) bond motifs is 1. The van der Waals surface area contributed by atoms with Gasteiger partial charge in [0.25, 0.3) is 10.0 Å². The van der Waals surface area contributed by atoms with Crippen molar-refractivity contribution in [1.82, 2.24) is 14.6 Å². The standard InChI is InChI=1S/C12H9ClN4O2S/c13-10-6-7-11-14-8-12(17(11)15-10)20(18,19)16-9-4-2-1-3-5-9/h1-8,16H. The lowest BCUT2D eigenvalue weighted by atomic mass is 10.3. The molecule has 0 radical (unpaired) electrons. The van der Waals surface area contributed by atoms with E-state index in [4.69, 9.17) is 11.6 Å². The molecule has 2 heterocycles. The van der Waals surface area contributed by atoms with Gasteiger partial charge in [-0.2, -0.15) is 18.0 Å². The second kappa shape index (κ2) is 4.77. The van der Waals surface area contributed by atoms with Crippen LogP contribution in [0, 0.1) is 0 Å². The third-order valence-corrected chi connectivity index (χ3v) is 4.13. The van der Waals surface area contributed by atoms with E-state index in [2.05, 4.69) is 14.8 Å². The Labute approximate surface area is 120 Å². The van der Waals surface area contributed by atoms with Crippen LogP contribution in [0.3, 0.4) is 0 Å². The van der Waals surface area contributed by atoms with Crippen LogP contribution < -0.4 is 4.72 Å². The van der Waals surface area contributed by atoms with Gasteiger partial charge in [0.1, 0.15) is 5.15 Å². The van der Waals surface area contributed by atoms with Crippen molar-refractivity contribution in [3.8, 4) is 0 Å². The van der Waals surface area contributed by atoms with Crippen molar-refractivity contribution in [3.05, 3.63) is 53.8 Å². The fraction of sp³-hybridized carbons (Fsp3) is 0. The molecule has 8 heteroatoms. The van der Waals surface area contributed by atoms with Crippen molar-refractivity contribution in [2.45, 2.75) is 5.03 Å². The molecular weight excluding hydrogens is 300 g/mol. The fourth-order valence-corrected chi connectivity index (χ4v) is 2.97. The van der Waals surface area contributed by atoms with Crippen molar-refractivity contribution in [1.29, 1.82) is 0 Å². The summed E-state index contributed by atoms with van der Waals surface area (Å²) in [6.07, 6.45) is 1.24. The average molecular weight is 309 g/mol. The fourth-order valence-electron chi connectivity index (χ4n) is 1.73. The van der Waals surface area contributed by atoms with Crippen LogP contribution in [0.25, 0.3) is 5.65 Å². The molecule has 0 amide bonds. The molecule has 0 aliphatic heterocycles. The van der Waals surface area contributed by atoms with Crippen molar-refractivity contribution in [3.63, 3.8) is 0 Å². The maximum atomic E-state index is 12.3. The summed E-state index contributed by atoms with van der Waals surface area (Å²) < 4.78 is 28.3. The molecule has 1 aromatic carbocycles. The van der Waals surface area contributed by atoms with Crippen LogP contribution in [0.1, 0.15) is 0 Å². The summed E-state index contributed by atoms with van der Waals surface area (Å²) in [5.74, 6) is 0. The van der Waals surface area contributed by atoms with Crippen LogP contribution in [0.2, 0.25) is 5.15 Å². The van der Waals surface area contributed by atoms with E-state index in [0.717, 1.165) is 0 Å². The molecule has 0 unspecified atom stereocenters. The maximum Gasteiger partial charge on any atom is 0.281 e. The van der Waals surface area contributed by atoms with Crippen molar-refractivity contribution in [2.24, 2.45) is 0 Å². The van der Waals surface area contributed by atoms with E-state index in [1.54, 1.807) is 42.5 Å². The first kappa shape index (κ1) is 12.9. The van der Waals surface area contributed by atoms with Gasteiger partial charge in [0.05, 0.1) is 6.20 Å². The molecule has 20 heavy (non-hydrogen) atoms. The van der Waals surface area contributed by atoms with Gasteiger partial charge < -0.3 is 0 Å². The zero-order valence-corrected chi connectivity index (χ0v) is 11.6. The van der Waals surface area contributed by atoms with Gasteiger partial charge >= 0.3 is 0 Å². The Balaban J connectivity index is 2.08. The number of imidazole rings is 1. The first-order valence-corrected chi connectivity index (χ1v) is 7.50. The quantitative estimate of drug-likeness (QED) is 0.804. The normalized spacial score (nSPS) is 11.7. The van der Waals surface area contributed by atoms with E-state index in [1.165, 1.54) is 10.7 Å². The Hall–Kier alpha value is -2.12. The third-order valence-electron chi connectivity index (χ3n) is 2.60. The van der Waals surface area contributed by atoms with Crippen LogP contribution in [-0.4, -0.2) is 23.0 Å². The molecule has 0 saturated heterocycles. The van der Waals surface area contributed by atoms with Gasteiger partial charge in [-0.05, 0) is 24.3 Å². The van der Waals surface area contributed by atoms with Gasteiger partial charge in [0.15, 0.2) is 10.7 Å². The lowest BCUT2D eigenvalue weighted by Gasteiger charge is -2.06. The molecule has 0 aliphatic rings. The molecule has 1 N–H and O–H groups in total. The van der Waals surface area contributed by atoms with E-state index in [-0.39, 0.29) is 10.2 Å². The number of nitrogens with one attached hydrogen (secondary N) is 1. The van der Waals surface area contributed by atoms with E-state index in [9.17, 15) is 8.42 Å². The van der Waals surface area contributed by atoms with Gasteiger partial charge in [-0.15, -0.1) is 0 Å². The van der Waals surface area contributed by atoms with Gasteiger partial charge in [0.2, 0.25) is 0 Å². The number of anilines is 1. The number of para-hydroxylation sites is 1. The van der Waals surface area contributed by atoms with Crippen LogP contribution >= 0.6 is 11.6 Å². The number of nitrogens with zero attached hydrogens (tertiary/aromatic N) is 3. The highest BCUT2D eigenvalue weighted by Crippen LogP contribution is 2.17. The zero-order valence-electron chi connectivity index (χ0n) is 10.1. The molecule has 0 fully saturated rings. The molecule has 0 saturated carbocycles. The Kier molecular flexibility index (Phi) is 3.07. The Morgan fingerprint density at radius 3 is 2.60 bits per heavy atom. The number of sulfonamides is 1. The maximum absolute atomic E-state index is 12.3. The highest BCUT2D eigenvalue weighted by molar-refractivity contribution is 7.92. The molecule has 0 bridgehead atoms. The van der Waals surface area contributed by atoms with E-state index < -0.39 is 10.0 Å². The summed E-state index contributed by atoms with van der Waals surface area (Å²) in [5, 5.41) is 4.06. The molecule has 6 nitrogen and oxygen atoms in total. The Morgan fingerprint density at radius 1 is 1.10 bits per heavy atom. The van der Waals surface area contributed by atoms with E-state index >= 15 is 0 Å². The summed E-state index contributed by atoms with van der Waals surface area (Å²) in [6, 6.07) is 11.7. The molecule has 0 atom stereocenters. The minimum absolute atomic E-state index is 0.0705. The highest BCUT2D eigenvalue weighted by atomic mass is 35.5. The molecule has 3 rings (SSSR count). The Bertz CT molecular complexity index is 862. The molecule has 2 aromatic heterocycles. The molecule has 3 aromatic rings. The number of aromatic nitrogens is 3. The first-order chi connectivity index (χ1) is 9.56. The Morgan fingerprint density at radius 2 is 1.85 bits per heavy atom. The smallest absolute Gasteiger partial charge is 0.278 e. The van der Waals surface area contributed by atoms with Crippen molar-refractivity contribution < 1.29 is 8.42 Å². The van der Waals surface area contributed by atoms with Crippen LogP contribution in [0.4, 0.5) is 5.69 Å². The van der Waals surface area contributed by atoms with E-state index in [1.807, 2.05) is 0 Å². The summed E-state index contributed by atoms with van der Waals surface area (Å²) in [4.78, 5) is 3.99. The van der Waals surface area contributed by atoms with Crippen LogP contribution in [0.15, 0.2) is 53.7 Å². The third kappa shape index (κ3) is 2.33. The highest BCUT2D eigenvalue weighted by Gasteiger charge is 2.20. The van der Waals surface area contributed by atoms with Crippen molar-refractivity contribution in [2.75, 3.05) is 4.72 Å². The van der Waals surface area contributed by atoms with E-state index in [0.29, 0.717) is 11.3 Å². The zero-order chi connectivity index (χ0) is 14.2. The second-order valence-electron chi connectivity index (χ2n) is 3.99. The largest absolute Gasteiger partial charge is 0.281 e. The summed E-state index contributed by atoms with van der Waals surface area (Å²) >= 11 is 5.78. The van der Waals surface area contributed by atoms with Gasteiger partial charge in [0, 0.05) is 5.69 Å². The predicted molar refractivity (Wildman–Crippen MR) is 75.2 cm³/mol. The number of hydrogen-bond donors (Lipinski definition) is 1. The molecule has 0 aliphatic carbocycles. The summed E-state index contributed by atoms with van der Waals surface area (Å²) in [6.45, 7) is 0. The summed E-state index contributed by atoms with van der Waals surface area (Å²) in [5.41, 5.74) is 0.868. The van der Waals surface area contributed by atoms with Crippen LogP contribution in [0.5, 0.6) is 0 Å². The number of rotatable bonds is 3. The first-order valence-electron chi connectivity index (χ1n) is 5.64. The van der Waals surface area contributed by atoms with Gasteiger partial charge in [-0.25, -0.2) is 4.98 Å². The minimum Gasteiger partial charge on any atom is -0.278 e. The number of benzene rings is 1.